The Morgan fingerprint density at radius 3 is 2.77 bits per heavy atom. The Morgan fingerprint density at radius 1 is 1.14 bits per heavy atom. The van der Waals surface area contributed by atoms with Gasteiger partial charge in [0.1, 0.15) is 11.8 Å². The standard InChI is InChI=1S/C16H18N2O4/c19-15-14(10-3-6-21-7-4-10)17-16(20)18(15)12-1-2-13-11(9-12)5-8-22-13/h1-2,9-10,14H,3-8H2,(H,17,20). The Hall–Kier alpha value is -2.08. The van der Waals surface area contributed by atoms with Crippen LogP contribution in [0.2, 0.25) is 0 Å². The van der Waals surface area contributed by atoms with Crippen LogP contribution in [0.3, 0.4) is 0 Å². The number of urea groups is 1. The van der Waals surface area contributed by atoms with Crippen molar-refractivity contribution in [2.45, 2.75) is 25.3 Å². The molecule has 2 fully saturated rings. The molecule has 1 unspecified atom stereocenters. The Balaban J connectivity index is 1.59. The van der Waals surface area contributed by atoms with Crippen LogP contribution in [0.1, 0.15) is 18.4 Å². The zero-order valence-corrected chi connectivity index (χ0v) is 12.2. The van der Waals surface area contributed by atoms with E-state index >= 15 is 0 Å². The van der Waals surface area contributed by atoms with Gasteiger partial charge in [0, 0.05) is 19.6 Å². The van der Waals surface area contributed by atoms with Crippen LogP contribution in [0.25, 0.3) is 0 Å². The molecule has 3 aliphatic rings. The Labute approximate surface area is 128 Å². The summed E-state index contributed by atoms with van der Waals surface area (Å²) in [6.07, 6.45) is 2.43. The molecule has 3 heterocycles. The number of carbonyl (C=O) groups is 2. The van der Waals surface area contributed by atoms with Crippen LogP contribution in [-0.4, -0.2) is 37.8 Å². The van der Waals surface area contributed by atoms with E-state index in [2.05, 4.69) is 5.32 Å². The second-order valence-electron chi connectivity index (χ2n) is 5.94. The number of hydrogen-bond donors (Lipinski definition) is 1. The van der Waals surface area contributed by atoms with E-state index in [1.165, 1.54) is 4.90 Å². The summed E-state index contributed by atoms with van der Waals surface area (Å²) in [4.78, 5) is 26.2. The van der Waals surface area contributed by atoms with Gasteiger partial charge in [-0.15, -0.1) is 0 Å². The third-order valence-corrected chi connectivity index (χ3v) is 4.64. The number of amides is 3. The normalized spacial score (nSPS) is 25.1. The van der Waals surface area contributed by atoms with Crippen LogP contribution in [0.4, 0.5) is 10.5 Å². The molecule has 0 spiro atoms. The van der Waals surface area contributed by atoms with Crippen molar-refractivity contribution in [2.24, 2.45) is 5.92 Å². The molecule has 0 radical (unpaired) electrons. The summed E-state index contributed by atoms with van der Waals surface area (Å²) in [7, 11) is 0. The summed E-state index contributed by atoms with van der Waals surface area (Å²) in [5.41, 5.74) is 1.67. The SMILES string of the molecule is O=C1NC(C2CCOCC2)C(=O)N1c1ccc2c(c1)CCO2. The lowest BCUT2D eigenvalue weighted by atomic mass is 9.92. The quantitative estimate of drug-likeness (QED) is 0.840. The van der Waals surface area contributed by atoms with Crippen LogP contribution >= 0.6 is 0 Å². The molecule has 1 aromatic rings. The minimum Gasteiger partial charge on any atom is -0.493 e. The monoisotopic (exact) mass is 302 g/mol. The average molecular weight is 302 g/mol. The molecule has 2 saturated heterocycles. The van der Waals surface area contributed by atoms with Crippen molar-refractivity contribution < 1.29 is 19.1 Å². The first-order chi connectivity index (χ1) is 10.7. The van der Waals surface area contributed by atoms with Crippen molar-refractivity contribution in [3.8, 4) is 5.75 Å². The molecule has 3 aliphatic heterocycles. The number of nitrogens with zero attached hydrogens (tertiary/aromatic N) is 1. The number of ether oxygens (including phenoxy) is 2. The zero-order chi connectivity index (χ0) is 15.1. The minimum absolute atomic E-state index is 0.157. The summed E-state index contributed by atoms with van der Waals surface area (Å²) in [5, 5.41) is 2.84. The highest BCUT2D eigenvalue weighted by molar-refractivity contribution is 6.21. The Bertz CT molecular complexity index is 625. The fourth-order valence-electron chi connectivity index (χ4n) is 3.42. The maximum Gasteiger partial charge on any atom is 0.329 e. The Kier molecular flexibility index (Phi) is 3.26. The average Bonchev–Trinajstić information content (AvgIpc) is 3.12. The smallest absolute Gasteiger partial charge is 0.329 e. The molecule has 4 rings (SSSR count). The van der Waals surface area contributed by atoms with E-state index < -0.39 is 6.04 Å². The lowest BCUT2D eigenvalue weighted by molar-refractivity contribution is -0.120. The fraction of sp³-hybridized carbons (Fsp3) is 0.500. The summed E-state index contributed by atoms with van der Waals surface area (Å²) in [5.74, 6) is 0.848. The van der Waals surface area contributed by atoms with Gasteiger partial charge in [0.2, 0.25) is 0 Å². The lowest BCUT2D eigenvalue weighted by Crippen LogP contribution is -2.40. The van der Waals surface area contributed by atoms with E-state index in [-0.39, 0.29) is 17.9 Å². The second kappa shape index (κ2) is 5.28. The van der Waals surface area contributed by atoms with E-state index in [0.29, 0.717) is 25.5 Å². The number of benzene rings is 1. The third kappa shape index (κ3) is 2.14. The molecular formula is C16H18N2O4. The molecule has 0 saturated carbocycles. The first kappa shape index (κ1) is 13.6. The van der Waals surface area contributed by atoms with Crippen molar-refractivity contribution in [1.82, 2.24) is 5.32 Å². The van der Waals surface area contributed by atoms with E-state index in [1.807, 2.05) is 12.1 Å². The molecule has 1 aromatic carbocycles. The van der Waals surface area contributed by atoms with Crippen molar-refractivity contribution in [1.29, 1.82) is 0 Å². The highest BCUT2D eigenvalue weighted by atomic mass is 16.5. The van der Waals surface area contributed by atoms with E-state index in [9.17, 15) is 9.59 Å². The maximum atomic E-state index is 12.7. The van der Waals surface area contributed by atoms with Gasteiger partial charge in [-0.25, -0.2) is 9.69 Å². The molecule has 1 atom stereocenters. The van der Waals surface area contributed by atoms with Gasteiger partial charge in [-0.3, -0.25) is 4.79 Å². The lowest BCUT2D eigenvalue weighted by Gasteiger charge is -2.25. The molecular weight excluding hydrogens is 284 g/mol. The predicted octanol–water partition coefficient (Wildman–Crippen LogP) is 1.47. The van der Waals surface area contributed by atoms with Gasteiger partial charge < -0.3 is 14.8 Å². The largest absolute Gasteiger partial charge is 0.493 e. The van der Waals surface area contributed by atoms with Crippen molar-refractivity contribution in [3.63, 3.8) is 0 Å². The van der Waals surface area contributed by atoms with Crippen LogP contribution in [-0.2, 0) is 16.0 Å². The highest BCUT2D eigenvalue weighted by Crippen LogP contribution is 2.32. The van der Waals surface area contributed by atoms with E-state index in [1.54, 1.807) is 6.07 Å². The van der Waals surface area contributed by atoms with Gasteiger partial charge in [-0.05, 0) is 42.5 Å². The number of carbonyl (C=O) groups excluding carboxylic acids is 2. The summed E-state index contributed by atoms with van der Waals surface area (Å²) < 4.78 is 10.8. The third-order valence-electron chi connectivity index (χ3n) is 4.64. The van der Waals surface area contributed by atoms with E-state index in [4.69, 9.17) is 9.47 Å². The molecule has 22 heavy (non-hydrogen) atoms. The minimum atomic E-state index is -0.430. The molecule has 0 bridgehead atoms. The van der Waals surface area contributed by atoms with Crippen LogP contribution in [0.15, 0.2) is 18.2 Å². The molecule has 0 aromatic heterocycles. The molecule has 6 heteroatoms. The molecule has 1 N–H and O–H groups in total. The van der Waals surface area contributed by atoms with Gasteiger partial charge in [0.25, 0.3) is 5.91 Å². The topological polar surface area (TPSA) is 67.9 Å². The van der Waals surface area contributed by atoms with Crippen molar-refractivity contribution in [2.75, 3.05) is 24.7 Å². The highest BCUT2D eigenvalue weighted by Gasteiger charge is 2.43. The molecule has 3 amide bonds. The molecule has 0 aliphatic carbocycles. The summed E-state index contributed by atoms with van der Waals surface area (Å²) in [6.45, 7) is 1.96. The molecule has 6 nitrogen and oxygen atoms in total. The molecule has 116 valence electrons. The van der Waals surface area contributed by atoms with Crippen molar-refractivity contribution in [3.05, 3.63) is 23.8 Å². The van der Waals surface area contributed by atoms with Gasteiger partial charge in [-0.2, -0.15) is 0 Å². The van der Waals surface area contributed by atoms with Gasteiger partial charge in [0.05, 0.1) is 12.3 Å². The van der Waals surface area contributed by atoms with Crippen LogP contribution in [0.5, 0.6) is 5.75 Å². The summed E-state index contributed by atoms with van der Waals surface area (Å²) >= 11 is 0. The number of anilines is 1. The number of fused-ring (bicyclic) bond motifs is 1. The number of imide groups is 1. The number of rotatable bonds is 2. The van der Waals surface area contributed by atoms with Gasteiger partial charge in [-0.1, -0.05) is 0 Å². The Morgan fingerprint density at radius 2 is 1.95 bits per heavy atom. The van der Waals surface area contributed by atoms with E-state index in [0.717, 1.165) is 30.6 Å². The second-order valence-corrected chi connectivity index (χ2v) is 5.94. The predicted molar refractivity (Wildman–Crippen MR) is 79.0 cm³/mol. The van der Waals surface area contributed by atoms with Crippen LogP contribution < -0.4 is 15.0 Å². The zero-order valence-electron chi connectivity index (χ0n) is 12.2. The first-order valence-electron chi connectivity index (χ1n) is 7.72. The van der Waals surface area contributed by atoms with Crippen molar-refractivity contribution >= 4 is 17.6 Å². The first-order valence-corrected chi connectivity index (χ1v) is 7.72. The maximum absolute atomic E-state index is 12.7. The number of hydrogen-bond acceptors (Lipinski definition) is 4. The van der Waals surface area contributed by atoms with Crippen LogP contribution in [0, 0.1) is 5.92 Å². The van der Waals surface area contributed by atoms with Gasteiger partial charge >= 0.3 is 6.03 Å². The fourth-order valence-corrected chi connectivity index (χ4v) is 3.42. The number of nitrogens with one attached hydrogen (secondary N) is 1. The summed E-state index contributed by atoms with van der Waals surface area (Å²) in [6, 6.07) is 4.72. The van der Waals surface area contributed by atoms with Gasteiger partial charge in [0.15, 0.2) is 0 Å².